The molecule has 1 aromatic carbocycles. The smallest absolute Gasteiger partial charge is 0.345 e. The van der Waals surface area contributed by atoms with Crippen molar-refractivity contribution in [3.05, 3.63) is 38.2 Å². The molecule has 0 N–H and O–H groups in total. The standard InChI is InChI=1S/C18H21F3N4O3S/c1-3-4-11(2)23-5-7-24(8-6-23)17-22-16(26)13-9-12(18(19,20)21)10-14(25(27)28)15(13)29-17/h9-11H,3-8H2,1-2H3. The first-order chi connectivity index (χ1) is 13.6. The van der Waals surface area contributed by atoms with Crippen LogP contribution in [0.4, 0.5) is 24.0 Å². The number of hydrogen-bond acceptors (Lipinski definition) is 7. The van der Waals surface area contributed by atoms with Crippen LogP contribution in [0.25, 0.3) is 10.1 Å². The molecule has 0 saturated carbocycles. The number of benzene rings is 1. The van der Waals surface area contributed by atoms with E-state index < -0.39 is 27.9 Å². The maximum Gasteiger partial charge on any atom is 0.416 e. The summed E-state index contributed by atoms with van der Waals surface area (Å²) in [7, 11) is 0. The van der Waals surface area contributed by atoms with Crippen molar-refractivity contribution in [1.29, 1.82) is 0 Å². The van der Waals surface area contributed by atoms with Crippen LogP contribution in [0.5, 0.6) is 0 Å². The van der Waals surface area contributed by atoms with E-state index in [0.29, 0.717) is 36.4 Å². The molecule has 0 aliphatic carbocycles. The molecule has 11 heteroatoms. The van der Waals surface area contributed by atoms with E-state index in [2.05, 4.69) is 23.7 Å². The van der Waals surface area contributed by atoms with Gasteiger partial charge in [0.05, 0.1) is 15.9 Å². The number of fused-ring (bicyclic) bond motifs is 1. The molecule has 1 unspecified atom stereocenters. The number of nitrogens with zero attached hydrogens (tertiary/aromatic N) is 4. The molecule has 158 valence electrons. The molecular weight excluding hydrogens is 409 g/mol. The van der Waals surface area contributed by atoms with Crippen LogP contribution in [-0.4, -0.2) is 47.0 Å². The number of alkyl halides is 3. The number of anilines is 1. The Morgan fingerprint density at radius 1 is 1.28 bits per heavy atom. The summed E-state index contributed by atoms with van der Waals surface area (Å²) >= 11 is 0.889. The normalized spacial score (nSPS) is 16.9. The van der Waals surface area contributed by atoms with Gasteiger partial charge in [-0.05, 0) is 19.4 Å². The van der Waals surface area contributed by atoms with Crippen LogP contribution in [0.1, 0.15) is 32.3 Å². The SMILES string of the molecule is CCCC(C)N1CCN(c2nc(=O)c3cc(C(F)(F)F)cc([N+](=O)[O-])c3s2)CC1. The van der Waals surface area contributed by atoms with Gasteiger partial charge in [0.25, 0.3) is 11.2 Å². The number of aromatic nitrogens is 1. The van der Waals surface area contributed by atoms with E-state index in [0.717, 1.165) is 37.3 Å². The monoisotopic (exact) mass is 430 g/mol. The fourth-order valence-corrected chi connectivity index (χ4v) is 4.65. The molecule has 1 aliphatic rings. The third-order valence-corrected chi connectivity index (χ3v) is 6.29. The van der Waals surface area contributed by atoms with E-state index in [9.17, 15) is 28.1 Å². The summed E-state index contributed by atoms with van der Waals surface area (Å²) in [4.78, 5) is 31.0. The van der Waals surface area contributed by atoms with Crippen LogP contribution >= 0.6 is 11.3 Å². The van der Waals surface area contributed by atoms with Crippen molar-refractivity contribution in [3.63, 3.8) is 0 Å². The lowest BCUT2D eigenvalue weighted by atomic mass is 10.1. The third kappa shape index (κ3) is 4.50. The summed E-state index contributed by atoms with van der Waals surface area (Å²) in [6, 6.07) is 1.56. The summed E-state index contributed by atoms with van der Waals surface area (Å²) in [5.41, 5.74) is -2.84. The zero-order valence-electron chi connectivity index (χ0n) is 16.0. The minimum atomic E-state index is -4.79. The Bertz CT molecular complexity index is 971. The quantitative estimate of drug-likeness (QED) is 0.529. The summed E-state index contributed by atoms with van der Waals surface area (Å²) in [5, 5.41) is 11.3. The van der Waals surface area contributed by atoms with Crippen molar-refractivity contribution in [2.75, 3.05) is 31.1 Å². The highest BCUT2D eigenvalue weighted by Gasteiger charge is 2.34. The molecule has 0 radical (unpaired) electrons. The molecule has 29 heavy (non-hydrogen) atoms. The Hall–Kier alpha value is -2.27. The van der Waals surface area contributed by atoms with Crippen LogP contribution in [0.3, 0.4) is 0 Å². The Labute approximate surface area is 168 Å². The molecule has 3 rings (SSSR count). The highest BCUT2D eigenvalue weighted by molar-refractivity contribution is 7.22. The van der Waals surface area contributed by atoms with Crippen LogP contribution in [0.2, 0.25) is 0 Å². The topological polar surface area (TPSA) is 79.6 Å². The predicted molar refractivity (Wildman–Crippen MR) is 106 cm³/mol. The van der Waals surface area contributed by atoms with E-state index >= 15 is 0 Å². The van der Waals surface area contributed by atoms with E-state index in [1.165, 1.54) is 0 Å². The molecule has 1 aromatic heterocycles. The number of halogens is 3. The van der Waals surface area contributed by atoms with Crippen molar-refractivity contribution < 1.29 is 18.1 Å². The fourth-order valence-electron chi connectivity index (χ4n) is 3.53. The zero-order valence-corrected chi connectivity index (χ0v) is 16.8. The van der Waals surface area contributed by atoms with Gasteiger partial charge in [-0.25, -0.2) is 0 Å². The molecule has 1 saturated heterocycles. The van der Waals surface area contributed by atoms with E-state index in [-0.39, 0.29) is 10.1 Å². The zero-order chi connectivity index (χ0) is 21.3. The lowest BCUT2D eigenvalue weighted by Gasteiger charge is -2.38. The summed E-state index contributed by atoms with van der Waals surface area (Å²) in [5.74, 6) is 0. The molecule has 1 atom stereocenters. The number of hydrogen-bond donors (Lipinski definition) is 0. The number of non-ortho nitro benzene ring substituents is 1. The number of piperazine rings is 1. The van der Waals surface area contributed by atoms with E-state index in [1.807, 2.05) is 4.90 Å². The maximum absolute atomic E-state index is 13.1. The average molecular weight is 430 g/mol. The highest BCUT2D eigenvalue weighted by atomic mass is 32.1. The van der Waals surface area contributed by atoms with Crippen LogP contribution in [0, 0.1) is 10.1 Å². The van der Waals surface area contributed by atoms with E-state index in [4.69, 9.17) is 0 Å². The first-order valence-electron chi connectivity index (χ1n) is 9.31. The number of nitro groups is 1. The molecule has 1 aliphatic heterocycles. The summed E-state index contributed by atoms with van der Waals surface area (Å²) in [6.07, 6.45) is -2.63. The molecule has 2 heterocycles. The lowest BCUT2D eigenvalue weighted by molar-refractivity contribution is -0.383. The number of rotatable bonds is 5. The Kier molecular flexibility index (Phi) is 6.08. The van der Waals surface area contributed by atoms with Gasteiger partial charge in [-0.15, -0.1) is 0 Å². The summed E-state index contributed by atoms with van der Waals surface area (Å²) in [6.45, 7) is 7.00. The Morgan fingerprint density at radius 3 is 2.48 bits per heavy atom. The van der Waals surface area contributed by atoms with Crippen LogP contribution in [-0.2, 0) is 6.18 Å². The third-order valence-electron chi connectivity index (χ3n) is 5.13. The fraction of sp³-hybridized carbons (Fsp3) is 0.556. The van der Waals surface area contributed by atoms with Crippen LogP contribution in [0.15, 0.2) is 16.9 Å². The van der Waals surface area contributed by atoms with Crippen LogP contribution < -0.4 is 10.5 Å². The van der Waals surface area contributed by atoms with Gasteiger partial charge in [-0.1, -0.05) is 24.7 Å². The largest absolute Gasteiger partial charge is 0.416 e. The molecule has 0 spiro atoms. The lowest BCUT2D eigenvalue weighted by Crippen LogP contribution is -2.49. The van der Waals surface area contributed by atoms with E-state index in [1.54, 1.807) is 0 Å². The summed E-state index contributed by atoms with van der Waals surface area (Å²) < 4.78 is 39.1. The Balaban J connectivity index is 1.97. The molecule has 2 aromatic rings. The first kappa shape index (κ1) is 21.4. The van der Waals surface area contributed by atoms with Gasteiger partial charge in [-0.2, -0.15) is 18.2 Å². The Morgan fingerprint density at radius 2 is 1.93 bits per heavy atom. The van der Waals surface area contributed by atoms with Crippen molar-refractivity contribution in [2.45, 2.75) is 38.9 Å². The minimum absolute atomic E-state index is 0.0835. The van der Waals surface area contributed by atoms with Gasteiger partial charge in [-0.3, -0.25) is 19.8 Å². The molecule has 0 amide bonds. The molecule has 7 nitrogen and oxygen atoms in total. The highest BCUT2D eigenvalue weighted by Crippen LogP contribution is 2.38. The van der Waals surface area contributed by atoms with Crippen molar-refractivity contribution in [2.24, 2.45) is 0 Å². The van der Waals surface area contributed by atoms with Gasteiger partial charge in [0.2, 0.25) is 0 Å². The predicted octanol–water partition coefficient (Wildman–Crippen LogP) is 3.89. The molecule has 1 fully saturated rings. The number of nitro benzene ring substituents is 1. The van der Waals surface area contributed by atoms with Crippen molar-refractivity contribution >= 4 is 32.2 Å². The maximum atomic E-state index is 13.1. The minimum Gasteiger partial charge on any atom is -0.345 e. The van der Waals surface area contributed by atoms with Crippen molar-refractivity contribution in [3.8, 4) is 0 Å². The second-order valence-electron chi connectivity index (χ2n) is 7.09. The van der Waals surface area contributed by atoms with Gasteiger partial charge in [0.15, 0.2) is 5.13 Å². The second kappa shape index (κ2) is 8.23. The van der Waals surface area contributed by atoms with Gasteiger partial charge in [0, 0.05) is 38.3 Å². The second-order valence-corrected chi connectivity index (χ2v) is 8.07. The first-order valence-corrected chi connectivity index (χ1v) is 10.1. The van der Waals surface area contributed by atoms with Gasteiger partial charge < -0.3 is 4.90 Å². The van der Waals surface area contributed by atoms with Gasteiger partial charge in [0.1, 0.15) is 4.70 Å². The molecule has 0 bridgehead atoms. The molecular formula is C18H21F3N4O3S. The average Bonchev–Trinajstić information content (AvgIpc) is 2.66. The van der Waals surface area contributed by atoms with Gasteiger partial charge >= 0.3 is 6.18 Å². The van der Waals surface area contributed by atoms with Crippen molar-refractivity contribution in [1.82, 2.24) is 9.88 Å².